The lowest BCUT2D eigenvalue weighted by molar-refractivity contribution is -0.119. The molecule has 1 aromatic rings. The summed E-state index contributed by atoms with van der Waals surface area (Å²) in [5.41, 5.74) is 0.529. The summed E-state index contributed by atoms with van der Waals surface area (Å²) in [6.07, 6.45) is -4.28. The summed E-state index contributed by atoms with van der Waals surface area (Å²) in [6, 6.07) is 6.54. The quantitative estimate of drug-likeness (QED) is 0.851. The van der Waals surface area contributed by atoms with Crippen molar-refractivity contribution in [2.45, 2.75) is 13.1 Å². The highest BCUT2D eigenvalue weighted by Gasteiger charge is 2.31. The van der Waals surface area contributed by atoms with E-state index in [2.05, 4.69) is 15.9 Å². The molecule has 0 N–H and O–H groups in total. The van der Waals surface area contributed by atoms with Crippen molar-refractivity contribution in [1.82, 2.24) is 0 Å². The highest BCUT2D eigenvalue weighted by Crippen LogP contribution is 2.27. The van der Waals surface area contributed by atoms with Crippen LogP contribution in [-0.4, -0.2) is 19.3 Å². The zero-order chi connectivity index (χ0) is 13.1. The van der Waals surface area contributed by atoms with E-state index in [9.17, 15) is 13.2 Å². The lowest BCUT2D eigenvalue weighted by Gasteiger charge is -2.25. The fraction of sp³-hybridized carbons (Fsp3) is 0.364. The van der Waals surface area contributed by atoms with Crippen LogP contribution in [0, 0.1) is 11.3 Å². The molecule has 0 aliphatic heterocycles. The van der Waals surface area contributed by atoms with Crippen molar-refractivity contribution in [3.63, 3.8) is 0 Å². The van der Waals surface area contributed by atoms with E-state index in [0.29, 0.717) is 10.2 Å². The molecule has 0 aliphatic carbocycles. The Morgan fingerprint density at radius 3 is 2.53 bits per heavy atom. The number of rotatable bonds is 3. The Morgan fingerprint density at radius 1 is 1.41 bits per heavy atom. The monoisotopic (exact) mass is 306 g/mol. The van der Waals surface area contributed by atoms with Gasteiger partial charge in [-0.15, -0.1) is 0 Å². The second kappa shape index (κ2) is 5.41. The molecule has 0 saturated carbocycles. The van der Waals surface area contributed by atoms with E-state index in [1.807, 2.05) is 6.07 Å². The molecule has 0 spiro atoms. The Hall–Kier alpha value is -1.22. The van der Waals surface area contributed by atoms with Crippen molar-refractivity contribution < 1.29 is 13.2 Å². The Balaban J connectivity index is 3.08. The van der Waals surface area contributed by atoms with Crippen molar-refractivity contribution in [1.29, 1.82) is 5.26 Å². The van der Waals surface area contributed by atoms with E-state index in [-0.39, 0.29) is 12.1 Å². The summed E-state index contributed by atoms with van der Waals surface area (Å²) in [7, 11) is 0. The van der Waals surface area contributed by atoms with Gasteiger partial charge in [-0.1, -0.05) is 15.9 Å². The van der Waals surface area contributed by atoms with Gasteiger partial charge in [0.1, 0.15) is 12.6 Å². The van der Waals surface area contributed by atoms with E-state index >= 15 is 0 Å². The summed E-state index contributed by atoms with van der Waals surface area (Å²) in [5, 5.41) is 8.91. The molecule has 0 atom stereocenters. The van der Waals surface area contributed by atoms with Crippen LogP contribution in [0.25, 0.3) is 0 Å². The molecule has 6 heteroatoms. The number of halogens is 4. The molecule has 0 saturated heterocycles. The molecule has 0 aromatic heterocycles. The first-order chi connectivity index (χ1) is 7.87. The summed E-state index contributed by atoms with van der Waals surface area (Å²) in [6.45, 7) is 0.755. The van der Waals surface area contributed by atoms with Gasteiger partial charge in [0.05, 0.1) is 11.3 Å². The van der Waals surface area contributed by atoms with Gasteiger partial charge < -0.3 is 4.90 Å². The van der Waals surface area contributed by atoms with E-state index in [1.54, 1.807) is 13.0 Å². The van der Waals surface area contributed by atoms with Crippen LogP contribution in [0.15, 0.2) is 22.7 Å². The summed E-state index contributed by atoms with van der Waals surface area (Å²) >= 11 is 3.18. The second-order valence-electron chi connectivity index (χ2n) is 3.40. The summed E-state index contributed by atoms with van der Waals surface area (Å²) in [5.74, 6) is 0. The fourth-order valence-electron chi connectivity index (χ4n) is 1.46. The third kappa shape index (κ3) is 3.93. The van der Waals surface area contributed by atoms with Gasteiger partial charge in [-0.3, -0.25) is 0 Å². The van der Waals surface area contributed by atoms with E-state index in [4.69, 9.17) is 5.26 Å². The molecule has 0 fully saturated rings. The van der Waals surface area contributed by atoms with Crippen LogP contribution in [0.3, 0.4) is 0 Å². The average molecular weight is 307 g/mol. The molecular weight excluding hydrogens is 297 g/mol. The Morgan fingerprint density at radius 2 is 2.06 bits per heavy atom. The topological polar surface area (TPSA) is 27.0 Å². The summed E-state index contributed by atoms with van der Waals surface area (Å²) in [4.78, 5) is 1.13. The molecule has 0 bridgehead atoms. The Labute approximate surface area is 106 Å². The second-order valence-corrected chi connectivity index (χ2v) is 4.32. The third-order valence-corrected chi connectivity index (χ3v) is 2.66. The molecule has 0 unspecified atom stereocenters. The number of benzene rings is 1. The highest BCUT2D eigenvalue weighted by molar-refractivity contribution is 9.10. The van der Waals surface area contributed by atoms with Crippen LogP contribution < -0.4 is 4.90 Å². The van der Waals surface area contributed by atoms with Crippen molar-refractivity contribution >= 4 is 21.6 Å². The van der Waals surface area contributed by atoms with Crippen LogP contribution >= 0.6 is 15.9 Å². The van der Waals surface area contributed by atoms with Crippen molar-refractivity contribution in [3.05, 3.63) is 28.2 Å². The molecule has 17 heavy (non-hydrogen) atoms. The van der Waals surface area contributed by atoms with Gasteiger partial charge in [0, 0.05) is 11.0 Å². The number of hydrogen-bond donors (Lipinski definition) is 0. The van der Waals surface area contributed by atoms with Gasteiger partial charge >= 0.3 is 6.18 Å². The van der Waals surface area contributed by atoms with Crippen LogP contribution in [0.1, 0.15) is 12.5 Å². The molecule has 0 heterocycles. The lowest BCUT2D eigenvalue weighted by Crippen LogP contribution is -2.34. The van der Waals surface area contributed by atoms with Gasteiger partial charge in [0.15, 0.2) is 0 Å². The van der Waals surface area contributed by atoms with Gasteiger partial charge in [-0.25, -0.2) is 0 Å². The van der Waals surface area contributed by atoms with Crippen LogP contribution in [0.5, 0.6) is 0 Å². The SMILES string of the molecule is CCN(CC(F)(F)F)c1ccc(Br)cc1C#N. The van der Waals surface area contributed by atoms with Gasteiger partial charge in [0.2, 0.25) is 0 Å². The molecule has 1 aromatic carbocycles. The maximum atomic E-state index is 12.4. The zero-order valence-electron chi connectivity index (χ0n) is 9.05. The smallest absolute Gasteiger partial charge is 0.362 e. The predicted octanol–water partition coefficient (Wildman–Crippen LogP) is 3.71. The number of anilines is 1. The third-order valence-electron chi connectivity index (χ3n) is 2.17. The standard InChI is InChI=1S/C11H10BrF3N2/c1-2-17(7-11(13,14)15)10-4-3-9(12)5-8(10)6-16/h3-5H,2,7H2,1H3. The fourth-order valence-corrected chi connectivity index (χ4v) is 1.82. The average Bonchev–Trinajstić information content (AvgIpc) is 2.24. The predicted molar refractivity (Wildman–Crippen MR) is 62.8 cm³/mol. The number of hydrogen-bond acceptors (Lipinski definition) is 2. The normalized spacial score (nSPS) is 11.1. The minimum atomic E-state index is -4.28. The first kappa shape index (κ1) is 13.8. The maximum Gasteiger partial charge on any atom is 0.405 e. The minimum absolute atomic E-state index is 0.190. The molecule has 0 aliphatic rings. The van der Waals surface area contributed by atoms with E-state index in [0.717, 1.165) is 4.90 Å². The van der Waals surface area contributed by atoms with Gasteiger partial charge in [-0.05, 0) is 25.1 Å². The number of alkyl halides is 3. The zero-order valence-corrected chi connectivity index (χ0v) is 10.6. The molecule has 0 amide bonds. The maximum absolute atomic E-state index is 12.4. The molecule has 1 rings (SSSR count). The summed E-state index contributed by atoms with van der Waals surface area (Å²) < 4.78 is 37.7. The number of nitrogens with zero attached hydrogens (tertiary/aromatic N) is 2. The largest absolute Gasteiger partial charge is 0.405 e. The first-order valence-corrected chi connectivity index (χ1v) is 5.68. The first-order valence-electron chi connectivity index (χ1n) is 4.88. The Kier molecular flexibility index (Phi) is 4.40. The van der Waals surface area contributed by atoms with E-state index in [1.165, 1.54) is 12.1 Å². The molecular formula is C11H10BrF3N2. The van der Waals surface area contributed by atoms with Crippen LogP contribution in [-0.2, 0) is 0 Å². The Bertz CT molecular complexity index is 437. The van der Waals surface area contributed by atoms with Crippen LogP contribution in [0.4, 0.5) is 18.9 Å². The molecule has 2 nitrogen and oxygen atoms in total. The van der Waals surface area contributed by atoms with Crippen molar-refractivity contribution in [3.8, 4) is 6.07 Å². The van der Waals surface area contributed by atoms with Crippen molar-refractivity contribution in [2.24, 2.45) is 0 Å². The van der Waals surface area contributed by atoms with Crippen molar-refractivity contribution in [2.75, 3.05) is 18.0 Å². The molecule has 92 valence electrons. The van der Waals surface area contributed by atoms with E-state index < -0.39 is 12.7 Å². The minimum Gasteiger partial charge on any atom is -0.362 e. The lowest BCUT2D eigenvalue weighted by atomic mass is 10.1. The van der Waals surface area contributed by atoms with Gasteiger partial charge in [-0.2, -0.15) is 18.4 Å². The highest BCUT2D eigenvalue weighted by atomic mass is 79.9. The molecule has 0 radical (unpaired) electrons. The van der Waals surface area contributed by atoms with Crippen LogP contribution in [0.2, 0.25) is 0 Å². The number of nitriles is 1. The van der Waals surface area contributed by atoms with Gasteiger partial charge in [0.25, 0.3) is 0 Å².